The van der Waals surface area contributed by atoms with Gasteiger partial charge < -0.3 is 9.47 Å². The van der Waals surface area contributed by atoms with Crippen molar-refractivity contribution in [1.29, 1.82) is 0 Å². The van der Waals surface area contributed by atoms with Crippen LogP contribution in [0.1, 0.15) is 48.1 Å². The van der Waals surface area contributed by atoms with Crippen LogP contribution in [-0.2, 0) is 11.3 Å². The Hall–Kier alpha value is -2.44. The second-order valence-electron chi connectivity index (χ2n) is 6.22. The Labute approximate surface area is 142 Å². The first-order chi connectivity index (χ1) is 11.3. The molecule has 0 radical (unpaired) electrons. The number of amides is 1. The van der Waals surface area contributed by atoms with Crippen molar-refractivity contribution in [3.63, 3.8) is 0 Å². The molecule has 0 aliphatic heterocycles. The molecule has 0 N–H and O–H groups in total. The zero-order valence-corrected chi connectivity index (χ0v) is 15.0. The van der Waals surface area contributed by atoms with Crippen LogP contribution in [0.2, 0.25) is 0 Å². The van der Waals surface area contributed by atoms with Crippen LogP contribution in [-0.4, -0.2) is 49.5 Å². The minimum atomic E-state index is -0.0972. The average molecular weight is 331 g/mol. The van der Waals surface area contributed by atoms with Gasteiger partial charge in [0.2, 0.25) is 5.91 Å². The molecule has 1 amide bonds. The molecule has 0 aliphatic rings. The maximum absolute atomic E-state index is 12.4. The van der Waals surface area contributed by atoms with Crippen LogP contribution < -0.4 is 0 Å². The van der Waals surface area contributed by atoms with Crippen LogP contribution in [0.25, 0.3) is 0 Å². The summed E-state index contributed by atoms with van der Waals surface area (Å²) in [5.74, 6) is 0.0618. The number of ketones is 1. The third-order valence-corrected chi connectivity index (χ3v) is 4.24. The van der Waals surface area contributed by atoms with Gasteiger partial charge in [-0.05, 0) is 27.7 Å². The summed E-state index contributed by atoms with van der Waals surface area (Å²) in [6.07, 6.45) is 5.68. The second-order valence-corrected chi connectivity index (χ2v) is 6.22. The summed E-state index contributed by atoms with van der Waals surface area (Å²) in [5.41, 5.74) is 2.19. The van der Waals surface area contributed by atoms with E-state index in [-0.39, 0.29) is 17.7 Å². The van der Waals surface area contributed by atoms with Crippen molar-refractivity contribution < 1.29 is 9.59 Å². The van der Waals surface area contributed by atoms with Gasteiger partial charge in [-0.3, -0.25) is 14.3 Å². The van der Waals surface area contributed by atoms with Crippen molar-refractivity contribution in [2.45, 2.75) is 46.7 Å². The van der Waals surface area contributed by atoms with Gasteiger partial charge in [0.25, 0.3) is 0 Å². The minimum absolute atomic E-state index is 0.00669. The number of aromatic nitrogens is 4. The van der Waals surface area contributed by atoms with E-state index in [2.05, 4.69) is 10.1 Å². The van der Waals surface area contributed by atoms with Gasteiger partial charge in [0, 0.05) is 44.6 Å². The molecule has 0 spiro atoms. The molecule has 24 heavy (non-hydrogen) atoms. The summed E-state index contributed by atoms with van der Waals surface area (Å²) < 4.78 is 3.72. The van der Waals surface area contributed by atoms with Gasteiger partial charge in [0.05, 0.1) is 23.6 Å². The van der Waals surface area contributed by atoms with Gasteiger partial charge in [-0.15, -0.1) is 0 Å². The first kappa shape index (κ1) is 17.9. The fraction of sp³-hybridized carbons (Fsp3) is 0.529. The highest BCUT2D eigenvalue weighted by Gasteiger charge is 2.21. The zero-order chi connectivity index (χ0) is 17.9. The van der Waals surface area contributed by atoms with Crippen LogP contribution in [0.5, 0.6) is 0 Å². The van der Waals surface area contributed by atoms with Crippen molar-refractivity contribution in [3.05, 3.63) is 35.7 Å². The van der Waals surface area contributed by atoms with Crippen LogP contribution >= 0.6 is 0 Å². The molecule has 7 nitrogen and oxygen atoms in total. The topological polar surface area (TPSA) is 73.0 Å². The monoisotopic (exact) mass is 331 g/mol. The first-order valence-electron chi connectivity index (χ1n) is 8.07. The lowest BCUT2D eigenvalue weighted by atomic mass is 10.1. The molecule has 0 saturated carbocycles. The zero-order valence-electron chi connectivity index (χ0n) is 15.0. The van der Waals surface area contributed by atoms with Crippen molar-refractivity contribution >= 4 is 11.7 Å². The molecule has 0 aliphatic carbocycles. The Morgan fingerprint density at radius 2 is 2.04 bits per heavy atom. The number of hydrogen-bond acceptors (Lipinski definition) is 4. The Morgan fingerprint density at radius 1 is 1.33 bits per heavy atom. The minimum Gasteiger partial charge on any atom is -0.344 e. The third-order valence-electron chi connectivity index (χ3n) is 4.24. The van der Waals surface area contributed by atoms with Gasteiger partial charge >= 0.3 is 0 Å². The van der Waals surface area contributed by atoms with Crippen molar-refractivity contribution in [2.75, 3.05) is 13.6 Å². The number of carbonyl (C=O) groups excluding carboxylic acids is 2. The number of nitrogens with zero attached hydrogens (tertiary/aromatic N) is 5. The highest BCUT2D eigenvalue weighted by molar-refractivity contribution is 5.96. The first-order valence-corrected chi connectivity index (χ1v) is 8.07. The number of aryl methyl sites for hydroxylation is 1. The summed E-state index contributed by atoms with van der Waals surface area (Å²) in [6, 6.07) is -0.0972. The van der Waals surface area contributed by atoms with E-state index in [4.69, 9.17) is 0 Å². The summed E-state index contributed by atoms with van der Waals surface area (Å²) in [5, 5.41) is 4.44. The second kappa shape index (κ2) is 7.42. The van der Waals surface area contributed by atoms with Gasteiger partial charge in [0.1, 0.15) is 0 Å². The highest BCUT2D eigenvalue weighted by Crippen LogP contribution is 2.20. The lowest BCUT2D eigenvalue weighted by Gasteiger charge is -2.21. The lowest BCUT2D eigenvalue weighted by molar-refractivity contribution is -0.130. The van der Waals surface area contributed by atoms with Crippen LogP contribution in [0.3, 0.4) is 0 Å². The van der Waals surface area contributed by atoms with E-state index < -0.39 is 0 Å². The maximum atomic E-state index is 12.4. The standard InChI is InChI=1S/C17H25N5O2/c1-12(22-14(3)17(15(4)23)13(2)19-22)10-16(24)20(5)8-9-21-7-6-18-11-21/h6-7,11-12H,8-10H2,1-5H3. The third kappa shape index (κ3) is 3.90. The molecule has 0 aromatic carbocycles. The van der Waals surface area contributed by atoms with Crippen molar-refractivity contribution in [2.24, 2.45) is 0 Å². The Kier molecular flexibility index (Phi) is 5.54. The largest absolute Gasteiger partial charge is 0.344 e. The van der Waals surface area contributed by atoms with E-state index >= 15 is 0 Å². The number of rotatable bonds is 7. The highest BCUT2D eigenvalue weighted by atomic mass is 16.2. The lowest BCUT2D eigenvalue weighted by Crippen LogP contribution is -2.31. The van der Waals surface area contributed by atoms with Crippen molar-refractivity contribution in [1.82, 2.24) is 24.2 Å². The number of Topliss-reactive ketones (excluding diaryl/α,β-unsaturated/α-hetero) is 1. The molecule has 0 fully saturated rings. The Bertz CT molecular complexity index is 718. The normalized spacial score (nSPS) is 12.2. The number of likely N-dealkylation sites (N-methyl/N-ethyl adjacent to an activating group) is 1. The summed E-state index contributed by atoms with van der Waals surface area (Å²) in [7, 11) is 1.80. The van der Waals surface area contributed by atoms with Crippen LogP contribution in [0.15, 0.2) is 18.7 Å². The average Bonchev–Trinajstić information content (AvgIpc) is 3.12. The smallest absolute Gasteiger partial charge is 0.224 e. The molecule has 130 valence electrons. The Morgan fingerprint density at radius 3 is 2.58 bits per heavy atom. The quantitative estimate of drug-likeness (QED) is 0.728. The molecular formula is C17H25N5O2. The summed E-state index contributed by atoms with van der Waals surface area (Å²) in [4.78, 5) is 29.8. The fourth-order valence-corrected chi connectivity index (χ4v) is 2.91. The van der Waals surface area contributed by atoms with E-state index in [0.717, 1.165) is 5.69 Å². The molecule has 2 aromatic heterocycles. The van der Waals surface area contributed by atoms with Crippen LogP contribution in [0, 0.1) is 13.8 Å². The maximum Gasteiger partial charge on any atom is 0.224 e. The molecule has 0 bridgehead atoms. The molecule has 0 saturated heterocycles. The molecule has 2 aromatic rings. The van der Waals surface area contributed by atoms with E-state index in [1.54, 1.807) is 36.1 Å². The molecule has 2 rings (SSSR count). The van der Waals surface area contributed by atoms with E-state index in [1.807, 2.05) is 31.5 Å². The predicted octanol–water partition coefficient (Wildman–Crippen LogP) is 2.01. The summed E-state index contributed by atoms with van der Waals surface area (Å²) >= 11 is 0. The van der Waals surface area contributed by atoms with Gasteiger partial charge in [-0.1, -0.05) is 0 Å². The number of carbonyl (C=O) groups is 2. The molecular weight excluding hydrogens is 306 g/mol. The van der Waals surface area contributed by atoms with E-state index in [9.17, 15) is 9.59 Å². The van der Waals surface area contributed by atoms with E-state index in [0.29, 0.717) is 30.8 Å². The number of hydrogen-bond donors (Lipinski definition) is 0. The molecule has 1 atom stereocenters. The Balaban J connectivity index is 1.98. The fourth-order valence-electron chi connectivity index (χ4n) is 2.91. The predicted molar refractivity (Wildman–Crippen MR) is 90.9 cm³/mol. The SMILES string of the molecule is CC(=O)c1c(C)nn(C(C)CC(=O)N(C)CCn2ccnc2)c1C. The van der Waals surface area contributed by atoms with Crippen molar-refractivity contribution in [3.8, 4) is 0 Å². The molecule has 1 unspecified atom stereocenters. The van der Waals surface area contributed by atoms with Gasteiger partial charge in [-0.25, -0.2) is 4.98 Å². The molecule has 2 heterocycles. The number of imidazole rings is 1. The van der Waals surface area contributed by atoms with Gasteiger partial charge in [0.15, 0.2) is 5.78 Å². The molecule has 7 heteroatoms. The summed E-state index contributed by atoms with van der Waals surface area (Å²) in [6.45, 7) is 8.53. The van der Waals surface area contributed by atoms with E-state index in [1.165, 1.54) is 0 Å². The van der Waals surface area contributed by atoms with Gasteiger partial charge in [-0.2, -0.15) is 5.10 Å². The van der Waals surface area contributed by atoms with Crippen LogP contribution in [0.4, 0.5) is 0 Å².